The molecule has 0 aliphatic heterocycles. The van der Waals surface area contributed by atoms with Gasteiger partial charge < -0.3 is 10.4 Å². The second-order valence-electron chi connectivity index (χ2n) is 4.06. The topological polar surface area (TPSA) is 88.0 Å². The summed E-state index contributed by atoms with van der Waals surface area (Å²) >= 11 is 0. The van der Waals surface area contributed by atoms with Gasteiger partial charge in [-0.25, -0.2) is 15.0 Å². The molecule has 2 rings (SSSR count). The van der Waals surface area contributed by atoms with Crippen molar-refractivity contribution < 1.29 is 9.90 Å². The molecule has 1 amide bonds. The maximum absolute atomic E-state index is 12.1. The van der Waals surface area contributed by atoms with E-state index in [-0.39, 0.29) is 18.2 Å². The zero-order chi connectivity index (χ0) is 14.9. The number of aromatic nitrogens is 3. The van der Waals surface area contributed by atoms with Crippen LogP contribution in [0.3, 0.4) is 0 Å². The Morgan fingerprint density at radius 3 is 2.95 bits per heavy atom. The number of rotatable bonds is 4. The molecule has 106 valence electrons. The van der Waals surface area contributed by atoms with Crippen LogP contribution < -0.4 is 5.32 Å². The van der Waals surface area contributed by atoms with E-state index in [1.54, 1.807) is 24.4 Å². The maximum Gasteiger partial charge on any atom is 0.271 e. The Morgan fingerprint density at radius 1 is 1.29 bits per heavy atom. The molecule has 0 atom stereocenters. The minimum atomic E-state index is -0.317. The predicted octanol–water partition coefficient (Wildman–Crippen LogP) is 0.536. The third-order valence-corrected chi connectivity index (χ3v) is 2.56. The first-order valence-corrected chi connectivity index (χ1v) is 6.39. The van der Waals surface area contributed by atoms with Crippen LogP contribution in [0.1, 0.15) is 28.2 Å². The van der Waals surface area contributed by atoms with Crippen molar-refractivity contribution in [3.05, 3.63) is 53.9 Å². The smallest absolute Gasteiger partial charge is 0.271 e. The van der Waals surface area contributed by atoms with Crippen LogP contribution in [0.25, 0.3) is 0 Å². The molecule has 0 spiro atoms. The molecule has 0 saturated carbocycles. The van der Waals surface area contributed by atoms with Crippen molar-refractivity contribution in [2.24, 2.45) is 0 Å². The van der Waals surface area contributed by atoms with Crippen LogP contribution in [-0.4, -0.2) is 32.6 Å². The van der Waals surface area contributed by atoms with Gasteiger partial charge in [0, 0.05) is 18.8 Å². The summed E-state index contributed by atoms with van der Waals surface area (Å²) in [6, 6.07) is 5.15. The van der Waals surface area contributed by atoms with Crippen molar-refractivity contribution in [1.29, 1.82) is 0 Å². The van der Waals surface area contributed by atoms with E-state index < -0.39 is 0 Å². The van der Waals surface area contributed by atoms with Crippen LogP contribution >= 0.6 is 0 Å². The van der Waals surface area contributed by atoms with E-state index in [4.69, 9.17) is 5.11 Å². The van der Waals surface area contributed by atoms with Crippen molar-refractivity contribution in [3.63, 3.8) is 0 Å². The highest BCUT2D eigenvalue weighted by atomic mass is 16.2. The van der Waals surface area contributed by atoms with Gasteiger partial charge in [-0.05, 0) is 18.2 Å². The van der Waals surface area contributed by atoms with E-state index in [0.717, 1.165) is 0 Å². The lowest BCUT2D eigenvalue weighted by atomic mass is 10.2. The SMILES string of the molecule is O=C(NCc1ccncn1)c1ncccc1C#CCCO. The predicted molar refractivity (Wildman–Crippen MR) is 76.0 cm³/mol. The Bertz CT molecular complexity index is 662. The molecule has 2 heterocycles. The number of amides is 1. The van der Waals surface area contributed by atoms with E-state index in [0.29, 0.717) is 24.2 Å². The largest absolute Gasteiger partial charge is 0.395 e. The van der Waals surface area contributed by atoms with Crippen molar-refractivity contribution >= 4 is 5.91 Å². The number of hydrogen-bond donors (Lipinski definition) is 2. The number of carbonyl (C=O) groups excluding carboxylic acids is 1. The van der Waals surface area contributed by atoms with E-state index in [2.05, 4.69) is 32.1 Å². The number of carbonyl (C=O) groups is 1. The molecule has 0 aliphatic carbocycles. The molecule has 2 aromatic rings. The number of nitrogens with one attached hydrogen (secondary N) is 1. The fraction of sp³-hybridized carbons (Fsp3) is 0.200. The molecule has 2 N–H and O–H groups in total. The summed E-state index contributed by atoms with van der Waals surface area (Å²) in [6.07, 6.45) is 4.93. The molecule has 0 unspecified atom stereocenters. The van der Waals surface area contributed by atoms with Crippen molar-refractivity contribution in [3.8, 4) is 11.8 Å². The lowest BCUT2D eigenvalue weighted by Gasteiger charge is -2.05. The summed E-state index contributed by atoms with van der Waals surface area (Å²) in [4.78, 5) is 24.0. The summed E-state index contributed by atoms with van der Waals surface area (Å²) in [5, 5.41) is 11.5. The fourth-order valence-corrected chi connectivity index (χ4v) is 1.58. The molecule has 0 radical (unpaired) electrons. The fourth-order valence-electron chi connectivity index (χ4n) is 1.58. The van der Waals surface area contributed by atoms with Gasteiger partial charge in [0.1, 0.15) is 12.0 Å². The number of hydrogen-bond acceptors (Lipinski definition) is 5. The van der Waals surface area contributed by atoms with Gasteiger partial charge in [-0.2, -0.15) is 0 Å². The third-order valence-electron chi connectivity index (χ3n) is 2.56. The molecule has 0 aliphatic rings. The average molecular weight is 282 g/mol. The highest BCUT2D eigenvalue weighted by molar-refractivity contribution is 5.94. The lowest BCUT2D eigenvalue weighted by Crippen LogP contribution is -2.25. The highest BCUT2D eigenvalue weighted by Gasteiger charge is 2.11. The second-order valence-corrected chi connectivity index (χ2v) is 4.06. The zero-order valence-corrected chi connectivity index (χ0v) is 11.3. The third kappa shape index (κ3) is 4.37. The quantitative estimate of drug-likeness (QED) is 0.799. The number of aliphatic hydroxyl groups is 1. The summed E-state index contributed by atoms with van der Waals surface area (Å²) in [7, 11) is 0. The molecular weight excluding hydrogens is 268 g/mol. The van der Waals surface area contributed by atoms with Gasteiger partial charge in [0.25, 0.3) is 5.91 Å². The minimum absolute atomic E-state index is 0.0114. The molecule has 0 bridgehead atoms. The first kappa shape index (κ1) is 14.6. The summed E-state index contributed by atoms with van der Waals surface area (Å²) < 4.78 is 0. The summed E-state index contributed by atoms with van der Waals surface area (Å²) in [5.41, 5.74) is 1.50. The van der Waals surface area contributed by atoms with Crippen LogP contribution in [0.2, 0.25) is 0 Å². The Morgan fingerprint density at radius 2 is 2.19 bits per heavy atom. The molecule has 2 aromatic heterocycles. The maximum atomic E-state index is 12.1. The number of aliphatic hydroxyl groups excluding tert-OH is 1. The monoisotopic (exact) mass is 282 g/mol. The van der Waals surface area contributed by atoms with Gasteiger partial charge in [0.05, 0.1) is 24.4 Å². The molecule has 6 heteroatoms. The molecule has 21 heavy (non-hydrogen) atoms. The summed E-state index contributed by atoms with van der Waals surface area (Å²) in [5.74, 6) is 5.30. The number of pyridine rings is 1. The van der Waals surface area contributed by atoms with E-state index in [9.17, 15) is 4.79 Å². The van der Waals surface area contributed by atoms with Crippen LogP contribution in [0.5, 0.6) is 0 Å². The first-order valence-electron chi connectivity index (χ1n) is 6.39. The molecule has 0 fully saturated rings. The Hall–Kier alpha value is -2.78. The van der Waals surface area contributed by atoms with Crippen molar-refractivity contribution in [2.75, 3.05) is 6.61 Å². The average Bonchev–Trinajstić information content (AvgIpc) is 2.54. The molecule has 6 nitrogen and oxygen atoms in total. The first-order chi connectivity index (χ1) is 10.3. The molecular formula is C15H14N4O2. The standard InChI is InChI=1S/C15H14N4O2/c20-9-2-1-4-12-5-3-7-17-14(12)15(21)18-10-13-6-8-16-11-19-13/h3,5-8,11,20H,2,9-10H2,(H,18,21). The minimum Gasteiger partial charge on any atom is -0.395 e. The highest BCUT2D eigenvalue weighted by Crippen LogP contribution is 2.04. The van der Waals surface area contributed by atoms with Crippen LogP contribution in [0.4, 0.5) is 0 Å². The van der Waals surface area contributed by atoms with Gasteiger partial charge in [0.2, 0.25) is 0 Å². The van der Waals surface area contributed by atoms with E-state index in [1.807, 2.05) is 0 Å². The zero-order valence-electron chi connectivity index (χ0n) is 11.3. The van der Waals surface area contributed by atoms with Crippen LogP contribution in [0.15, 0.2) is 36.9 Å². The molecule has 0 saturated heterocycles. The second kappa shape index (κ2) is 7.72. The normalized spacial score (nSPS) is 9.57. The van der Waals surface area contributed by atoms with Crippen molar-refractivity contribution in [1.82, 2.24) is 20.3 Å². The Balaban J connectivity index is 2.07. The Kier molecular flexibility index (Phi) is 5.38. The van der Waals surface area contributed by atoms with Gasteiger partial charge in [0.15, 0.2) is 0 Å². The van der Waals surface area contributed by atoms with E-state index in [1.165, 1.54) is 12.5 Å². The van der Waals surface area contributed by atoms with Crippen LogP contribution in [-0.2, 0) is 6.54 Å². The Labute approximate surface area is 122 Å². The van der Waals surface area contributed by atoms with Crippen molar-refractivity contribution in [2.45, 2.75) is 13.0 Å². The van der Waals surface area contributed by atoms with E-state index >= 15 is 0 Å². The summed E-state index contributed by atoms with van der Waals surface area (Å²) in [6.45, 7) is 0.282. The van der Waals surface area contributed by atoms with Gasteiger partial charge in [-0.3, -0.25) is 4.79 Å². The van der Waals surface area contributed by atoms with Gasteiger partial charge in [-0.15, -0.1) is 0 Å². The van der Waals surface area contributed by atoms with Gasteiger partial charge in [-0.1, -0.05) is 11.8 Å². The van der Waals surface area contributed by atoms with Gasteiger partial charge >= 0.3 is 0 Å². The number of nitrogens with zero attached hydrogens (tertiary/aromatic N) is 3. The van der Waals surface area contributed by atoms with Crippen LogP contribution in [0, 0.1) is 11.8 Å². The molecule has 0 aromatic carbocycles. The lowest BCUT2D eigenvalue weighted by molar-refractivity contribution is 0.0945.